The Hall–Kier alpha value is -0.180. The first-order valence-corrected chi connectivity index (χ1v) is 6.71. The van der Waals surface area contributed by atoms with Gasteiger partial charge in [-0.1, -0.05) is 37.6 Å². The molecule has 1 N–H and O–H groups in total. The molecule has 0 fully saturated rings. The van der Waals surface area contributed by atoms with Crippen molar-refractivity contribution in [3.8, 4) is 0 Å². The lowest BCUT2D eigenvalue weighted by Crippen LogP contribution is -2.22. The number of thioether (sulfide) groups is 1. The van der Waals surface area contributed by atoms with Gasteiger partial charge in [-0.2, -0.15) is 11.8 Å². The van der Waals surface area contributed by atoms with Gasteiger partial charge in [0.1, 0.15) is 0 Å². The average Bonchev–Trinajstić information content (AvgIpc) is 2.25. The second-order valence-corrected chi connectivity index (χ2v) is 5.42. The number of nitrogens with one attached hydrogen (secondary N) is 1. The van der Waals surface area contributed by atoms with E-state index in [1.807, 2.05) is 23.9 Å². The summed E-state index contributed by atoms with van der Waals surface area (Å²) in [4.78, 5) is 0. The molecule has 0 amide bonds. The first kappa shape index (κ1) is 12.9. The molecule has 1 unspecified atom stereocenters. The third-order valence-corrected chi connectivity index (χ3v) is 3.62. The van der Waals surface area contributed by atoms with Gasteiger partial charge in [0.05, 0.1) is 0 Å². The summed E-state index contributed by atoms with van der Waals surface area (Å²) in [7, 11) is 0. The molecule has 0 saturated carbocycles. The Bertz CT molecular complexity index is 273. The van der Waals surface area contributed by atoms with Crippen molar-refractivity contribution in [3.63, 3.8) is 0 Å². The smallest absolute Gasteiger partial charge is 0.0406 e. The monoisotopic (exact) mass is 243 g/mol. The van der Waals surface area contributed by atoms with E-state index in [9.17, 15) is 0 Å². The van der Waals surface area contributed by atoms with E-state index in [2.05, 4.69) is 31.3 Å². The van der Waals surface area contributed by atoms with Crippen molar-refractivity contribution in [1.29, 1.82) is 0 Å². The fourth-order valence-corrected chi connectivity index (χ4v) is 2.26. The fourth-order valence-electron chi connectivity index (χ4n) is 1.23. The summed E-state index contributed by atoms with van der Waals surface area (Å²) in [6.07, 6.45) is 0. The van der Waals surface area contributed by atoms with Gasteiger partial charge in [0.15, 0.2) is 0 Å². The molecule has 0 aliphatic carbocycles. The van der Waals surface area contributed by atoms with Crippen molar-refractivity contribution in [2.45, 2.75) is 24.9 Å². The molecule has 1 aromatic rings. The molecule has 0 aliphatic rings. The quantitative estimate of drug-likeness (QED) is 0.820. The molecule has 0 aliphatic heterocycles. The number of hydrogen-bond donors (Lipinski definition) is 1. The number of benzene rings is 1. The third kappa shape index (κ3) is 5.45. The van der Waals surface area contributed by atoms with Crippen molar-refractivity contribution in [2.24, 2.45) is 0 Å². The molecule has 1 atom stereocenters. The molecular formula is C12H18ClNS. The number of rotatable bonds is 6. The Morgan fingerprint density at radius 2 is 2.00 bits per heavy atom. The Balaban J connectivity index is 2.27. The molecule has 1 nitrogen and oxygen atoms in total. The van der Waals surface area contributed by atoms with Crippen LogP contribution in [0.2, 0.25) is 5.02 Å². The first-order valence-electron chi connectivity index (χ1n) is 5.29. The van der Waals surface area contributed by atoms with Crippen LogP contribution in [-0.2, 0) is 5.75 Å². The van der Waals surface area contributed by atoms with Gasteiger partial charge < -0.3 is 5.32 Å². The predicted octanol–water partition coefficient (Wildman–Crippen LogP) is 3.57. The molecule has 1 rings (SSSR count). The molecule has 0 saturated heterocycles. The van der Waals surface area contributed by atoms with Crippen LogP contribution < -0.4 is 5.32 Å². The summed E-state index contributed by atoms with van der Waals surface area (Å²) < 4.78 is 0. The van der Waals surface area contributed by atoms with Gasteiger partial charge in [0.2, 0.25) is 0 Å². The summed E-state index contributed by atoms with van der Waals surface area (Å²) in [6, 6.07) is 8.09. The van der Waals surface area contributed by atoms with Crippen molar-refractivity contribution in [2.75, 3.05) is 13.1 Å². The maximum Gasteiger partial charge on any atom is 0.0406 e. The highest BCUT2D eigenvalue weighted by Crippen LogP contribution is 2.18. The van der Waals surface area contributed by atoms with Crippen LogP contribution in [-0.4, -0.2) is 18.3 Å². The second kappa shape index (κ2) is 7.15. The Morgan fingerprint density at radius 1 is 1.33 bits per heavy atom. The highest BCUT2D eigenvalue weighted by molar-refractivity contribution is 7.99. The molecule has 0 spiro atoms. The van der Waals surface area contributed by atoms with Gasteiger partial charge in [-0.3, -0.25) is 0 Å². The van der Waals surface area contributed by atoms with E-state index in [1.165, 1.54) is 5.56 Å². The molecular weight excluding hydrogens is 226 g/mol. The van der Waals surface area contributed by atoms with Crippen LogP contribution >= 0.6 is 23.4 Å². The van der Waals surface area contributed by atoms with Crippen LogP contribution in [0.5, 0.6) is 0 Å². The van der Waals surface area contributed by atoms with Gasteiger partial charge in [-0.25, -0.2) is 0 Å². The summed E-state index contributed by atoms with van der Waals surface area (Å²) >= 11 is 7.80. The highest BCUT2D eigenvalue weighted by atomic mass is 35.5. The first-order chi connectivity index (χ1) is 7.22. The van der Waals surface area contributed by atoms with Crippen LogP contribution in [0.4, 0.5) is 0 Å². The average molecular weight is 244 g/mol. The zero-order chi connectivity index (χ0) is 11.1. The van der Waals surface area contributed by atoms with Gasteiger partial charge in [-0.15, -0.1) is 0 Å². The van der Waals surface area contributed by atoms with Gasteiger partial charge in [0, 0.05) is 22.6 Å². The molecule has 0 heterocycles. The van der Waals surface area contributed by atoms with E-state index < -0.39 is 0 Å². The zero-order valence-electron chi connectivity index (χ0n) is 9.29. The van der Waals surface area contributed by atoms with E-state index in [0.717, 1.165) is 23.9 Å². The highest BCUT2D eigenvalue weighted by Gasteiger charge is 2.01. The molecule has 1 aromatic carbocycles. The minimum Gasteiger partial charge on any atom is -0.316 e. The topological polar surface area (TPSA) is 12.0 Å². The summed E-state index contributed by atoms with van der Waals surface area (Å²) in [5, 5.41) is 4.81. The summed E-state index contributed by atoms with van der Waals surface area (Å²) in [5.74, 6) is 1.06. The molecule has 0 bridgehead atoms. The van der Waals surface area contributed by atoms with Crippen molar-refractivity contribution >= 4 is 23.4 Å². The number of hydrogen-bond acceptors (Lipinski definition) is 2. The molecule has 0 aromatic heterocycles. The third-order valence-electron chi connectivity index (χ3n) is 2.13. The lowest BCUT2D eigenvalue weighted by Gasteiger charge is -2.11. The van der Waals surface area contributed by atoms with E-state index in [-0.39, 0.29) is 0 Å². The standard InChI is InChI=1S/C12H18ClNS/c1-3-14-8-10(2)15-9-11-4-6-12(13)7-5-11/h4-7,10,14H,3,8-9H2,1-2H3. The lowest BCUT2D eigenvalue weighted by atomic mass is 10.2. The van der Waals surface area contributed by atoms with Crippen molar-refractivity contribution in [1.82, 2.24) is 5.32 Å². The van der Waals surface area contributed by atoms with Gasteiger partial charge >= 0.3 is 0 Å². The van der Waals surface area contributed by atoms with Crippen LogP contribution in [0.3, 0.4) is 0 Å². The summed E-state index contributed by atoms with van der Waals surface area (Å²) in [6.45, 7) is 6.51. The number of halogens is 1. The predicted molar refractivity (Wildman–Crippen MR) is 70.8 cm³/mol. The normalized spacial score (nSPS) is 12.7. The van der Waals surface area contributed by atoms with Crippen LogP contribution in [0.15, 0.2) is 24.3 Å². The minimum atomic E-state index is 0.653. The van der Waals surface area contributed by atoms with E-state index in [0.29, 0.717) is 5.25 Å². The molecule has 0 radical (unpaired) electrons. The molecule has 84 valence electrons. The summed E-state index contributed by atoms with van der Waals surface area (Å²) in [5.41, 5.74) is 1.34. The Labute approximate surface area is 102 Å². The van der Waals surface area contributed by atoms with Crippen LogP contribution in [0, 0.1) is 0 Å². The second-order valence-electron chi connectivity index (χ2n) is 3.56. The van der Waals surface area contributed by atoms with Gasteiger partial charge in [0.25, 0.3) is 0 Å². The SMILES string of the molecule is CCNCC(C)SCc1ccc(Cl)cc1. The largest absolute Gasteiger partial charge is 0.316 e. The maximum atomic E-state index is 5.83. The van der Waals surface area contributed by atoms with Crippen LogP contribution in [0.1, 0.15) is 19.4 Å². The molecule has 3 heteroatoms. The minimum absolute atomic E-state index is 0.653. The van der Waals surface area contributed by atoms with E-state index in [1.54, 1.807) is 0 Å². The lowest BCUT2D eigenvalue weighted by molar-refractivity contribution is 0.713. The van der Waals surface area contributed by atoms with Crippen molar-refractivity contribution in [3.05, 3.63) is 34.9 Å². The van der Waals surface area contributed by atoms with E-state index >= 15 is 0 Å². The fraction of sp³-hybridized carbons (Fsp3) is 0.500. The Kier molecular flexibility index (Phi) is 6.15. The van der Waals surface area contributed by atoms with E-state index in [4.69, 9.17) is 11.6 Å². The van der Waals surface area contributed by atoms with Crippen LogP contribution in [0.25, 0.3) is 0 Å². The van der Waals surface area contributed by atoms with Crippen molar-refractivity contribution < 1.29 is 0 Å². The zero-order valence-corrected chi connectivity index (χ0v) is 10.9. The maximum absolute atomic E-state index is 5.83. The van der Waals surface area contributed by atoms with Gasteiger partial charge in [-0.05, 0) is 24.2 Å². The Morgan fingerprint density at radius 3 is 2.60 bits per heavy atom. The molecule has 15 heavy (non-hydrogen) atoms.